The van der Waals surface area contributed by atoms with Crippen LogP contribution in [-0.2, 0) is 9.59 Å². The number of benzene rings is 1. The predicted molar refractivity (Wildman–Crippen MR) is 80.4 cm³/mol. The molecule has 4 nitrogen and oxygen atoms in total. The molecule has 1 N–H and O–H groups in total. The first kappa shape index (κ1) is 14.1. The molecule has 3 unspecified atom stereocenters. The number of nitrogens with zero attached hydrogens (tertiary/aromatic N) is 1. The monoisotopic (exact) mass is 286 g/mol. The first-order chi connectivity index (χ1) is 9.95. The summed E-state index contributed by atoms with van der Waals surface area (Å²) in [6, 6.07) is 9.36. The van der Waals surface area contributed by atoms with E-state index in [0.29, 0.717) is 0 Å². The van der Waals surface area contributed by atoms with Crippen molar-refractivity contribution in [2.45, 2.75) is 51.2 Å². The maximum Gasteiger partial charge on any atom is 0.249 e. The molecule has 2 aliphatic rings. The van der Waals surface area contributed by atoms with Gasteiger partial charge in [0.1, 0.15) is 11.6 Å². The number of rotatable bonds is 3. The Morgan fingerprint density at radius 3 is 2.43 bits per heavy atom. The third-order valence-corrected chi connectivity index (χ3v) is 4.95. The minimum atomic E-state index is -0.730. The second kappa shape index (κ2) is 4.86. The lowest BCUT2D eigenvalue weighted by Crippen LogP contribution is -2.69. The number of hydrogen-bond donors (Lipinski definition) is 1. The average molecular weight is 286 g/mol. The SMILES string of the molecule is CC1C(=O)NC(C)(C2CC2)C(=O)N1C(C)c1ccccc1. The van der Waals surface area contributed by atoms with Crippen LogP contribution in [-0.4, -0.2) is 28.3 Å². The van der Waals surface area contributed by atoms with Gasteiger partial charge >= 0.3 is 0 Å². The van der Waals surface area contributed by atoms with E-state index in [0.717, 1.165) is 18.4 Å². The molecule has 1 aromatic carbocycles. The molecular weight excluding hydrogens is 264 g/mol. The van der Waals surface area contributed by atoms with Crippen LogP contribution < -0.4 is 5.32 Å². The summed E-state index contributed by atoms with van der Waals surface area (Å²) in [6.07, 6.45) is 2.04. The quantitative estimate of drug-likeness (QED) is 0.926. The highest BCUT2D eigenvalue weighted by Crippen LogP contribution is 2.43. The van der Waals surface area contributed by atoms with Crippen LogP contribution in [0, 0.1) is 5.92 Å². The fraction of sp³-hybridized carbons (Fsp3) is 0.529. The number of nitrogens with one attached hydrogen (secondary N) is 1. The Bertz CT molecular complexity index is 567. The normalized spacial score (nSPS) is 31.0. The molecule has 2 fully saturated rings. The van der Waals surface area contributed by atoms with Crippen LogP contribution in [0.5, 0.6) is 0 Å². The van der Waals surface area contributed by atoms with Crippen molar-refractivity contribution < 1.29 is 9.59 Å². The van der Waals surface area contributed by atoms with Gasteiger partial charge in [-0.25, -0.2) is 0 Å². The van der Waals surface area contributed by atoms with Crippen molar-refractivity contribution in [3.8, 4) is 0 Å². The first-order valence-corrected chi connectivity index (χ1v) is 7.65. The molecule has 2 amide bonds. The summed E-state index contributed by atoms with van der Waals surface area (Å²) in [5.41, 5.74) is 0.331. The molecule has 112 valence electrons. The summed E-state index contributed by atoms with van der Waals surface area (Å²) in [4.78, 5) is 27.1. The fourth-order valence-electron chi connectivity index (χ4n) is 3.33. The van der Waals surface area contributed by atoms with Crippen LogP contribution >= 0.6 is 0 Å². The lowest BCUT2D eigenvalue weighted by molar-refractivity contribution is -0.157. The van der Waals surface area contributed by atoms with Gasteiger partial charge in [0, 0.05) is 0 Å². The van der Waals surface area contributed by atoms with Crippen molar-refractivity contribution in [3.63, 3.8) is 0 Å². The van der Waals surface area contributed by atoms with Crippen LogP contribution in [0.25, 0.3) is 0 Å². The smallest absolute Gasteiger partial charge is 0.249 e. The molecular formula is C17H22N2O2. The zero-order valence-corrected chi connectivity index (χ0v) is 12.8. The maximum atomic E-state index is 13.0. The summed E-state index contributed by atoms with van der Waals surface area (Å²) in [6.45, 7) is 5.68. The van der Waals surface area contributed by atoms with E-state index in [1.807, 2.05) is 44.2 Å². The molecule has 3 rings (SSSR count). The van der Waals surface area contributed by atoms with Gasteiger partial charge in [-0.2, -0.15) is 0 Å². The van der Waals surface area contributed by atoms with Gasteiger partial charge in [0.05, 0.1) is 6.04 Å². The Kier molecular flexibility index (Phi) is 3.27. The Labute approximate surface area is 125 Å². The molecule has 1 aromatic rings. The third-order valence-electron chi connectivity index (χ3n) is 4.95. The standard InChI is InChI=1S/C17H22N2O2/c1-11(13-7-5-4-6-8-13)19-12(2)15(20)18-17(3,16(19)21)14-9-10-14/h4-8,11-12,14H,9-10H2,1-3H3,(H,18,20). The Morgan fingerprint density at radius 2 is 1.86 bits per heavy atom. The van der Waals surface area contributed by atoms with Gasteiger partial charge in [-0.15, -0.1) is 0 Å². The molecule has 0 aromatic heterocycles. The van der Waals surface area contributed by atoms with Gasteiger partial charge in [-0.1, -0.05) is 30.3 Å². The van der Waals surface area contributed by atoms with E-state index in [9.17, 15) is 9.59 Å². The second-order valence-corrected chi connectivity index (χ2v) is 6.44. The van der Waals surface area contributed by atoms with E-state index in [-0.39, 0.29) is 23.8 Å². The highest BCUT2D eigenvalue weighted by atomic mass is 16.2. The highest BCUT2D eigenvalue weighted by molar-refractivity contribution is 6.00. The van der Waals surface area contributed by atoms with Gasteiger partial charge in [0.2, 0.25) is 11.8 Å². The molecule has 4 heteroatoms. The fourth-order valence-corrected chi connectivity index (χ4v) is 3.33. The number of hydrogen-bond acceptors (Lipinski definition) is 2. The lowest BCUT2D eigenvalue weighted by Gasteiger charge is -2.46. The van der Waals surface area contributed by atoms with Gasteiger partial charge < -0.3 is 10.2 Å². The Hall–Kier alpha value is -1.84. The van der Waals surface area contributed by atoms with Crippen molar-refractivity contribution in [2.24, 2.45) is 5.92 Å². The molecule has 1 heterocycles. The number of amides is 2. The van der Waals surface area contributed by atoms with Gasteiger partial charge in [-0.05, 0) is 45.1 Å². The van der Waals surface area contributed by atoms with Crippen LogP contribution in [0.1, 0.15) is 45.2 Å². The summed E-state index contributed by atoms with van der Waals surface area (Å²) in [5, 5.41) is 2.96. The third kappa shape index (κ3) is 2.23. The molecule has 0 spiro atoms. The molecule has 0 radical (unpaired) electrons. The van der Waals surface area contributed by atoms with Crippen molar-refractivity contribution in [2.75, 3.05) is 0 Å². The minimum absolute atomic E-state index is 0.0493. The molecule has 1 saturated carbocycles. The largest absolute Gasteiger partial charge is 0.340 e. The zero-order valence-electron chi connectivity index (χ0n) is 12.8. The van der Waals surface area contributed by atoms with E-state index < -0.39 is 11.6 Å². The number of carbonyl (C=O) groups excluding carboxylic acids is 2. The zero-order chi connectivity index (χ0) is 15.2. The molecule has 0 bridgehead atoms. The number of carbonyl (C=O) groups is 2. The maximum absolute atomic E-state index is 13.0. The molecule has 21 heavy (non-hydrogen) atoms. The van der Waals surface area contributed by atoms with Crippen LogP contribution in [0.2, 0.25) is 0 Å². The van der Waals surface area contributed by atoms with Crippen molar-refractivity contribution >= 4 is 11.8 Å². The van der Waals surface area contributed by atoms with Crippen LogP contribution in [0.15, 0.2) is 30.3 Å². The van der Waals surface area contributed by atoms with Gasteiger partial charge in [0.15, 0.2) is 0 Å². The molecule has 1 saturated heterocycles. The molecule has 1 aliphatic heterocycles. The summed E-state index contributed by atoms with van der Waals surface area (Å²) >= 11 is 0. The average Bonchev–Trinajstić information content (AvgIpc) is 3.31. The summed E-state index contributed by atoms with van der Waals surface area (Å²) < 4.78 is 0. The van der Waals surface area contributed by atoms with E-state index >= 15 is 0 Å². The van der Waals surface area contributed by atoms with E-state index in [1.165, 1.54) is 0 Å². The van der Waals surface area contributed by atoms with Gasteiger partial charge in [0.25, 0.3) is 0 Å². The summed E-state index contributed by atoms with van der Waals surface area (Å²) in [5.74, 6) is 0.284. The first-order valence-electron chi connectivity index (χ1n) is 7.65. The van der Waals surface area contributed by atoms with Crippen LogP contribution in [0.3, 0.4) is 0 Å². The topological polar surface area (TPSA) is 49.4 Å². The van der Waals surface area contributed by atoms with Crippen LogP contribution in [0.4, 0.5) is 0 Å². The lowest BCUT2D eigenvalue weighted by atomic mass is 9.88. The van der Waals surface area contributed by atoms with Crippen molar-refractivity contribution in [1.29, 1.82) is 0 Å². The van der Waals surface area contributed by atoms with E-state index in [2.05, 4.69) is 5.32 Å². The second-order valence-electron chi connectivity index (χ2n) is 6.44. The van der Waals surface area contributed by atoms with Crippen molar-refractivity contribution in [3.05, 3.63) is 35.9 Å². The predicted octanol–water partition coefficient (Wildman–Crippen LogP) is 2.26. The van der Waals surface area contributed by atoms with E-state index in [4.69, 9.17) is 0 Å². The van der Waals surface area contributed by atoms with E-state index in [1.54, 1.807) is 11.8 Å². The molecule has 1 aliphatic carbocycles. The minimum Gasteiger partial charge on any atom is -0.340 e. The van der Waals surface area contributed by atoms with Crippen molar-refractivity contribution in [1.82, 2.24) is 10.2 Å². The molecule has 3 atom stereocenters. The Morgan fingerprint density at radius 1 is 1.24 bits per heavy atom. The van der Waals surface area contributed by atoms with Gasteiger partial charge in [-0.3, -0.25) is 9.59 Å². The highest BCUT2D eigenvalue weighted by Gasteiger charge is 2.55. The number of piperazine rings is 1. The summed E-state index contributed by atoms with van der Waals surface area (Å²) in [7, 11) is 0. The Balaban J connectivity index is 1.94.